The van der Waals surface area contributed by atoms with Gasteiger partial charge in [0.15, 0.2) is 0 Å². The highest BCUT2D eigenvalue weighted by Gasteiger charge is 2.29. The van der Waals surface area contributed by atoms with Crippen molar-refractivity contribution < 1.29 is 23.1 Å². The fourth-order valence-electron chi connectivity index (χ4n) is 1.64. The Labute approximate surface area is 119 Å². The summed E-state index contributed by atoms with van der Waals surface area (Å²) in [7, 11) is 0. The number of thioether (sulfide) groups is 1. The number of nitrogens with one attached hydrogen (secondary N) is 1. The minimum absolute atomic E-state index is 0.0763. The molecule has 112 valence electrons. The molecule has 7 heteroatoms. The quantitative estimate of drug-likeness (QED) is 0.790. The number of rotatable bonds is 6. The van der Waals surface area contributed by atoms with Gasteiger partial charge in [0.2, 0.25) is 0 Å². The predicted octanol–water partition coefficient (Wildman–Crippen LogP) is 3.50. The van der Waals surface area contributed by atoms with Crippen molar-refractivity contribution in [2.75, 3.05) is 0 Å². The average Bonchev–Trinajstić information content (AvgIpc) is 2.28. The van der Waals surface area contributed by atoms with Gasteiger partial charge >= 0.3 is 11.5 Å². The van der Waals surface area contributed by atoms with Crippen molar-refractivity contribution >= 4 is 17.7 Å². The zero-order valence-corrected chi connectivity index (χ0v) is 11.9. The van der Waals surface area contributed by atoms with E-state index in [9.17, 15) is 18.0 Å². The molecular formula is C13H16F3NO2S. The highest BCUT2D eigenvalue weighted by molar-refractivity contribution is 8.00. The van der Waals surface area contributed by atoms with Crippen molar-refractivity contribution in [2.45, 2.75) is 36.8 Å². The number of halogens is 3. The molecule has 0 fully saturated rings. The molecule has 0 bridgehead atoms. The Morgan fingerprint density at radius 1 is 1.30 bits per heavy atom. The fraction of sp³-hybridized carbons (Fsp3) is 0.462. The molecule has 1 unspecified atom stereocenters. The van der Waals surface area contributed by atoms with E-state index in [-0.39, 0.29) is 22.6 Å². The van der Waals surface area contributed by atoms with E-state index in [1.165, 1.54) is 12.1 Å². The van der Waals surface area contributed by atoms with Crippen LogP contribution in [0.2, 0.25) is 0 Å². The zero-order valence-electron chi connectivity index (χ0n) is 11.1. The Morgan fingerprint density at radius 2 is 1.85 bits per heavy atom. The van der Waals surface area contributed by atoms with E-state index in [1.807, 2.05) is 0 Å². The molecule has 0 heterocycles. The average molecular weight is 307 g/mol. The SMILES string of the molecule is CC(C)C(NCc1ccc(SC(F)(F)F)cc1)C(=O)O. The van der Waals surface area contributed by atoms with Crippen molar-refractivity contribution in [2.24, 2.45) is 5.92 Å². The van der Waals surface area contributed by atoms with Crippen LogP contribution in [0, 0.1) is 5.92 Å². The van der Waals surface area contributed by atoms with Gasteiger partial charge in [0.1, 0.15) is 6.04 Å². The van der Waals surface area contributed by atoms with Gasteiger partial charge in [-0.15, -0.1) is 0 Å². The monoisotopic (exact) mass is 307 g/mol. The summed E-state index contributed by atoms with van der Waals surface area (Å²) in [6, 6.07) is 5.18. The van der Waals surface area contributed by atoms with Crippen molar-refractivity contribution in [1.82, 2.24) is 5.32 Å². The number of alkyl halides is 3. The first-order chi connectivity index (χ1) is 9.19. The Balaban J connectivity index is 2.59. The molecule has 0 radical (unpaired) electrons. The summed E-state index contributed by atoms with van der Waals surface area (Å²) in [6.07, 6.45) is 0. The van der Waals surface area contributed by atoms with Crippen LogP contribution in [0.25, 0.3) is 0 Å². The second-order valence-electron chi connectivity index (χ2n) is 4.63. The lowest BCUT2D eigenvalue weighted by molar-refractivity contribution is -0.140. The fourth-order valence-corrected chi connectivity index (χ4v) is 2.18. The maximum Gasteiger partial charge on any atom is 0.446 e. The van der Waals surface area contributed by atoms with Gasteiger partial charge in [0.25, 0.3) is 0 Å². The first-order valence-corrected chi connectivity index (χ1v) is 6.81. The van der Waals surface area contributed by atoms with Gasteiger partial charge in [-0.2, -0.15) is 13.2 Å². The van der Waals surface area contributed by atoms with Crippen LogP contribution in [0.5, 0.6) is 0 Å². The number of carboxylic acids is 1. The maximum atomic E-state index is 12.2. The highest BCUT2D eigenvalue weighted by Crippen LogP contribution is 2.36. The lowest BCUT2D eigenvalue weighted by atomic mass is 10.0. The summed E-state index contributed by atoms with van der Waals surface area (Å²) in [5, 5.41) is 11.9. The summed E-state index contributed by atoms with van der Waals surface area (Å²) in [5.74, 6) is -1.02. The summed E-state index contributed by atoms with van der Waals surface area (Å²) in [5.41, 5.74) is -3.56. The molecule has 0 saturated heterocycles. The van der Waals surface area contributed by atoms with Crippen LogP contribution in [0.15, 0.2) is 29.2 Å². The van der Waals surface area contributed by atoms with Gasteiger partial charge in [-0.3, -0.25) is 4.79 Å². The minimum atomic E-state index is -4.30. The summed E-state index contributed by atoms with van der Waals surface area (Å²) < 4.78 is 36.5. The van der Waals surface area contributed by atoms with Crippen molar-refractivity contribution in [3.05, 3.63) is 29.8 Å². The molecule has 20 heavy (non-hydrogen) atoms. The van der Waals surface area contributed by atoms with Gasteiger partial charge in [0, 0.05) is 11.4 Å². The standard InChI is InChI=1S/C13H16F3NO2S/c1-8(2)11(12(18)19)17-7-9-3-5-10(6-4-9)20-13(14,15)16/h3-6,8,11,17H,7H2,1-2H3,(H,18,19). The van der Waals surface area contributed by atoms with Crippen LogP contribution in [0.3, 0.4) is 0 Å². The van der Waals surface area contributed by atoms with E-state index in [1.54, 1.807) is 26.0 Å². The molecular weight excluding hydrogens is 291 g/mol. The third-order valence-corrected chi connectivity index (χ3v) is 3.36. The van der Waals surface area contributed by atoms with Crippen LogP contribution in [-0.4, -0.2) is 22.6 Å². The van der Waals surface area contributed by atoms with E-state index in [0.717, 1.165) is 5.56 Å². The second-order valence-corrected chi connectivity index (χ2v) is 5.77. The van der Waals surface area contributed by atoms with E-state index in [2.05, 4.69) is 5.32 Å². The van der Waals surface area contributed by atoms with Crippen LogP contribution < -0.4 is 5.32 Å². The maximum absolute atomic E-state index is 12.2. The molecule has 0 amide bonds. The summed E-state index contributed by atoms with van der Waals surface area (Å²) in [6.45, 7) is 3.87. The van der Waals surface area contributed by atoms with Gasteiger partial charge in [0.05, 0.1) is 0 Å². The molecule has 0 aliphatic rings. The van der Waals surface area contributed by atoms with Crippen LogP contribution in [0.4, 0.5) is 13.2 Å². The summed E-state index contributed by atoms with van der Waals surface area (Å²) in [4.78, 5) is 11.1. The van der Waals surface area contributed by atoms with E-state index < -0.39 is 17.5 Å². The Bertz CT molecular complexity index is 446. The topological polar surface area (TPSA) is 49.3 Å². The number of benzene rings is 1. The van der Waals surface area contributed by atoms with Crippen LogP contribution in [0.1, 0.15) is 19.4 Å². The Hall–Kier alpha value is -1.21. The van der Waals surface area contributed by atoms with Crippen LogP contribution >= 0.6 is 11.8 Å². The molecule has 0 saturated carbocycles. The molecule has 0 aromatic heterocycles. The molecule has 1 rings (SSSR count). The van der Waals surface area contributed by atoms with Gasteiger partial charge in [-0.05, 0) is 35.4 Å². The smallest absolute Gasteiger partial charge is 0.446 e. The lowest BCUT2D eigenvalue weighted by Crippen LogP contribution is -2.40. The minimum Gasteiger partial charge on any atom is -0.480 e. The van der Waals surface area contributed by atoms with Gasteiger partial charge in [-0.25, -0.2) is 0 Å². The van der Waals surface area contributed by atoms with E-state index in [0.29, 0.717) is 6.54 Å². The predicted molar refractivity (Wildman–Crippen MR) is 71.5 cm³/mol. The molecule has 0 aliphatic heterocycles. The van der Waals surface area contributed by atoms with Gasteiger partial charge < -0.3 is 10.4 Å². The second kappa shape index (κ2) is 6.99. The molecule has 0 spiro atoms. The first-order valence-electron chi connectivity index (χ1n) is 6.00. The third-order valence-electron chi connectivity index (χ3n) is 2.62. The summed E-state index contributed by atoms with van der Waals surface area (Å²) >= 11 is -0.171. The number of hydrogen-bond acceptors (Lipinski definition) is 3. The highest BCUT2D eigenvalue weighted by atomic mass is 32.2. The van der Waals surface area contributed by atoms with Crippen molar-refractivity contribution in [3.63, 3.8) is 0 Å². The molecule has 1 aromatic carbocycles. The molecule has 1 atom stereocenters. The normalized spacial score (nSPS) is 13.5. The van der Waals surface area contributed by atoms with Crippen molar-refractivity contribution in [1.29, 1.82) is 0 Å². The number of carbonyl (C=O) groups is 1. The zero-order chi connectivity index (χ0) is 15.3. The molecule has 3 nitrogen and oxygen atoms in total. The molecule has 2 N–H and O–H groups in total. The Morgan fingerprint density at radius 3 is 2.25 bits per heavy atom. The lowest BCUT2D eigenvalue weighted by Gasteiger charge is -2.18. The van der Waals surface area contributed by atoms with Crippen molar-refractivity contribution in [3.8, 4) is 0 Å². The van der Waals surface area contributed by atoms with E-state index in [4.69, 9.17) is 5.11 Å². The van der Waals surface area contributed by atoms with Gasteiger partial charge in [-0.1, -0.05) is 26.0 Å². The van der Waals surface area contributed by atoms with Crippen LogP contribution in [-0.2, 0) is 11.3 Å². The first kappa shape index (κ1) is 16.8. The number of aliphatic carboxylic acids is 1. The number of carboxylic acid groups (broad SMARTS) is 1. The third kappa shape index (κ3) is 5.83. The Kier molecular flexibility index (Phi) is 5.88. The molecule has 0 aliphatic carbocycles. The number of hydrogen-bond donors (Lipinski definition) is 2. The van der Waals surface area contributed by atoms with E-state index >= 15 is 0 Å². The molecule has 1 aromatic rings. The largest absolute Gasteiger partial charge is 0.480 e.